The number of aromatic amines is 1. The van der Waals surface area contributed by atoms with Crippen LogP contribution in [0.4, 0.5) is 10.6 Å². The van der Waals surface area contributed by atoms with Gasteiger partial charge in [0, 0.05) is 32.4 Å². The van der Waals surface area contributed by atoms with E-state index in [2.05, 4.69) is 19.9 Å². The Morgan fingerprint density at radius 3 is 2.83 bits per heavy atom. The molecule has 124 valence electrons. The third-order valence-electron chi connectivity index (χ3n) is 3.78. The van der Waals surface area contributed by atoms with Gasteiger partial charge in [-0.25, -0.2) is 14.8 Å². The molecule has 1 saturated heterocycles. The molecule has 0 saturated carbocycles. The van der Waals surface area contributed by atoms with E-state index < -0.39 is 5.60 Å². The number of anilines is 1. The number of nitrogens with zero attached hydrogens (tertiary/aromatic N) is 4. The van der Waals surface area contributed by atoms with Crippen molar-refractivity contribution in [2.24, 2.45) is 0 Å². The quantitative estimate of drug-likeness (QED) is 0.874. The van der Waals surface area contributed by atoms with Crippen molar-refractivity contribution in [2.45, 2.75) is 32.8 Å². The first-order valence-corrected chi connectivity index (χ1v) is 7.95. The number of carbonyl (C=O) groups is 1. The molecule has 0 bridgehead atoms. The Hall–Kier alpha value is -2.31. The molecule has 3 rings (SSSR count). The van der Waals surface area contributed by atoms with Gasteiger partial charge in [-0.1, -0.05) is 0 Å². The van der Waals surface area contributed by atoms with Crippen molar-refractivity contribution in [1.82, 2.24) is 19.9 Å². The van der Waals surface area contributed by atoms with E-state index >= 15 is 0 Å². The topological polar surface area (TPSA) is 74.3 Å². The summed E-state index contributed by atoms with van der Waals surface area (Å²) >= 11 is 0. The molecule has 1 aliphatic rings. The van der Waals surface area contributed by atoms with Crippen LogP contribution in [0.1, 0.15) is 27.2 Å². The monoisotopic (exact) mass is 317 g/mol. The second kappa shape index (κ2) is 6.06. The van der Waals surface area contributed by atoms with Crippen LogP contribution < -0.4 is 4.90 Å². The van der Waals surface area contributed by atoms with Crippen LogP contribution in [0, 0.1) is 0 Å². The van der Waals surface area contributed by atoms with Gasteiger partial charge in [0.15, 0.2) is 0 Å². The Balaban J connectivity index is 1.71. The molecule has 0 radical (unpaired) electrons. The van der Waals surface area contributed by atoms with Gasteiger partial charge in [-0.3, -0.25) is 0 Å². The average Bonchev–Trinajstić information content (AvgIpc) is 2.81. The molecule has 2 aromatic rings. The van der Waals surface area contributed by atoms with Crippen LogP contribution in [0.5, 0.6) is 0 Å². The average molecular weight is 317 g/mol. The number of hydrogen-bond donors (Lipinski definition) is 1. The zero-order valence-corrected chi connectivity index (χ0v) is 13.9. The van der Waals surface area contributed by atoms with Crippen molar-refractivity contribution in [3.63, 3.8) is 0 Å². The lowest BCUT2D eigenvalue weighted by molar-refractivity contribution is 0.0263. The highest BCUT2D eigenvalue weighted by Gasteiger charge is 2.25. The largest absolute Gasteiger partial charge is 0.444 e. The zero-order valence-electron chi connectivity index (χ0n) is 13.9. The smallest absolute Gasteiger partial charge is 0.410 e. The lowest BCUT2D eigenvalue weighted by Gasteiger charge is -2.26. The van der Waals surface area contributed by atoms with Crippen molar-refractivity contribution in [3.05, 3.63) is 18.6 Å². The van der Waals surface area contributed by atoms with Gasteiger partial charge in [0.2, 0.25) is 0 Å². The van der Waals surface area contributed by atoms with Crippen molar-refractivity contribution in [1.29, 1.82) is 0 Å². The van der Waals surface area contributed by atoms with Gasteiger partial charge >= 0.3 is 6.09 Å². The van der Waals surface area contributed by atoms with Gasteiger partial charge in [0.25, 0.3) is 0 Å². The van der Waals surface area contributed by atoms with Gasteiger partial charge in [0.1, 0.15) is 23.4 Å². The van der Waals surface area contributed by atoms with Crippen LogP contribution in [-0.4, -0.2) is 57.7 Å². The minimum Gasteiger partial charge on any atom is -0.444 e. The lowest BCUT2D eigenvalue weighted by Crippen LogP contribution is -2.39. The summed E-state index contributed by atoms with van der Waals surface area (Å²) in [5, 5.41) is 1.01. The maximum absolute atomic E-state index is 12.2. The minimum absolute atomic E-state index is 0.242. The molecule has 0 aliphatic carbocycles. The molecule has 0 unspecified atom stereocenters. The van der Waals surface area contributed by atoms with Gasteiger partial charge in [-0.15, -0.1) is 0 Å². The van der Waals surface area contributed by atoms with Crippen molar-refractivity contribution >= 4 is 22.9 Å². The van der Waals surface area contributed by atoms with Gasteiger partial charge in [-0.2, -0.15) is 0 Å². The maximum Gasteiger partial charge on any atom is 0.410 e. The molecule has 1 N–H and O–H groups in total. The first kappa shape index (κ1) is 15.6. The maximum atomic E-state index is 12.2. The van der Waals surface area contributed by atoms with E-state index in [9.17, 15) is 4.79 Å². The molecule has 23 heavy (non-hydrogen) atoms. The highest BCUT2D eigenvalue weighted by molar-refractivity contribution is 5.87. The van der Waals surface area contributed by atoms with Gasteiger partial charge in [0.05, 0.1) is 5.39 Å². The molecule has 0 aromatic carbocycles. The Kier molecular flexibility index (Phi) is 4.11. The molecular weight excluding hydrogens is 294 g/mol. The van der Waals surface area contributed by atoms with E-state index in [1.54, 1.807) is 11.2 Å². The Morgan fingerprint density at radius 1 is 1.22 bits per heavy atom. The Morgan fingerprint density at radius 2 is 2.04 bits per heavy atom. The van der Waals surface area contributed by atoms with Crippen molar-refractivity contribution in [3.8, 4) is 0 Å². The van der Waals surface area contributed by atoms with Crippen molar-refractivity contribution < 1.29 is 9.53 Å². The highest BCUT2D eigenvalue weighted by atomic mass is 16.6. The summed E-state index contributed by atoms with van der Waals surface area (Å²) in [6.45, 7) is 8.58. The van der Waals surface area contributed by atoms with Crippen LogP contribution >= 0.6 is 0 Å². The summed E-state index contributed by atoms with van der Waals surface area (Å²) in [5.41, 5.74) is 0.371. The first-order chi connectivity index (χ1) is 10.9. The minimum atomic E-state index is -0.465. The fraction of sp³-hybridized carbons (Fsp3) is 0.562. The third kappa shape index (κ3) is 3.55. The van der Waals surface area contributed by atoms with Gasteiger partial charge < -0.3 is 19.5 Å². The molecule has 1 fully saturated rings. The van der Waals surface area contributed by atoms with Crippen LogP contribution in [0.3, 0.4) is 0 Å². The van der Waals surface area contributed by atoms with Crippen LogP contribution in [0.15, 0.2) is 18.6 Å². The summed E-state index contributed by atoms with van der Waals surface area (Å²) in [5.74, 6) is 0.919. The predicted molar refractivity (Wildman–Crippen MR) is 88.5 cm³/mol. The number of fused-ring (bicyclic) bond motifs is 1. The molecular formula is C16H23N5O2. The summed E-state index contributed by atoms with van der Waals surface area (Å²) in [7, 11) is 0. The molecule has 0 atom stereocenters. The van der Waals surface area contributed by atoms with E-state index in [0.717, 1.165) is 36.4 Å². The number of H-pyrrole nitrogens is 1. The van der Waals surface area contributed by atoms with Crippen LogP contribution in [0.2, 0.25) is 0 Å². The number of rotatable bonds is 1. The molecule has 1 amide bonds. The Bertz CT molecular complexity index is 691. The normalized spacial score (nSPS) is 16.5. The summed E-state index contributed by atoms with van der Waals surface area (Å²) in [4.78, 5) is 28.0. The third-order valence-corrected chi connectivity index (χ3v) is 3.78. The van der Waals surface area contributed by atoms with Crippen LogP contribution in [-0.2, 0) is 4.74 Å². The summed E-state index contributed by atoms with van der Waals surface area (Å²) in [6, 6.07) is 1.99. The summed E-state index contributed by atoms with van der Waals surface area (Å²) in [6.07, 6.45) is 4.09. The molecule has 3 heterocycles. The van der Waals surface area contributed by atoms with E-state index in [-0.39, 0.29) is 6.09 Å². The number of hydrogen-bond acceptors (Lipinski definition) is 5. The highest BCUT2D eigenvalue weighted by Crippen LogP contribution is 2.23. The standard InChI is InChI=1S/C16H23N5O2/c1-16(2,3)23-15(22)21-8-4-7-20(9-10-21)14-12-5-6-17-13(12)18-11-19-14/h5-6,11H,4,7-10H2,1-3H3,(H,17,18,19). The fourth-order valence-electron chi connectivity index (χ4n) is 2.75. The second-order valence-electron chi connectivity index (χ2n) is 6.75. The molecule has 0 spiro atoms. The second-order valence-corrected chi connectivity index (χ2v) is 6.75. The Labute approximate surface area is 135 Å². The van der Waals surface area contributed by atoms with Crippen LogP contribution in [0.25, 0.3) is 11.0 Å². The molecule has 7 nitrogen and oxygen atoms in total. The molecule has 1 aliphatic heterocycles. The lowest BCUT2D eigenvalue weighted by atomic mass is 10.2. The number of ether oxygens (including phenoxy) is 1. The number of aromatic nitrogens is 3. The van der Waals surface area contributed by atoms with E-state index in [0.29, 0.717) is 13.1 Å². The number of carbonyl (C=O) groups excluding carboxylic acids is 1. The van der Waals surface area contributed by atoms with E-state index in [1.165, 1.54) is 0 Å². The number of nitrogens with one attached hydrogen (secondary N) is 1. The van der Waals surface area contributed by atoms with Crippen molar-refractivity contribution in [2.75, 3.05) is 31.1 Å². The molecule has 2 aromatic heterocycles. The zero-order chi connectivity index (χ0) is 16.4. The predicted octanol–water partition coefficient (Wildman–Crippen LogP) is 2.41. The molecule has 7 heteroatoms. The van der Waals surface area contributed by atoms with E-state index in [4.69, 9.17) is 4.74 Å². The SMILES string of the molecule is CC(C)(C)OC(=O)N1CCCN(c2ncnc3[nH]ccc23)CC1. The first-order valence-electron chi connectivity index (χ1n) is 7.95. The summed E-state index contributed by atoms with van der Waals surface area (Å²) < 4.78 is 5.47. The van der Waals surface area contributed by atoms with Gasteiger partial charge in [-0.05, 0) is 33.3 Å². The van der Waals surface area contributed by atoms with E-state index in [1.807, 2.05) is 33.0 Å². The fourth-order valence-corrected chi connectivity index (χ4v) is 2.75. The number of amides is 1.